The Morgan fingerprint density at radius 3 is 2.36 bits per heavy atom. The lowest BCUT2D eigenvalue weighted by molar-refractivity contribution is -0.120. The lowest BCUT2D eigenvalue weighted by Crippen LogP contribution is -2.32. The van der Waals surface area contributed by atoms with Crippen LogP contribution in [0, 0.1) is 10.5 Å². The molecule has 0 saturated heterocycles. The molecule has 0 radical (unpaired) electrons. The van der Waals surface area contributed by atoms with Crippen molar-refractivity contribution in [2.24, 2.45) is 0 Å². The average molecular weight is 592 g/mol. The monoisotopic (exact) mass is 591 g/mol. The maximum Gasteiger partial charge on any atom is 0.283 e. The van der Waals surface area contributed by atoms with Gasteiger partial charge in [-0.3, -0.25) is 14.4 Å². The summed E-state index contributed by atoms with van der Waals surface area (Å²) < 4.78 is 1.06. The van der Waals surface area contributed by atoms with E-state index in [1.807, 2.05) is 31.2 Å². The van der Waals surface area contributed by atoms with E-state index in [9.17, 15) is 14.4 Å². The molecule has 0 aliphatic carbocycles. The Morgan fingerprint density at radius 1 is 0.939 bits per heavy atom. The van der Waals surface area contributed by atoms with Crippen LogP contribution in [-0.2, 0) is 9.59 Å². The fraction of sp³-hybridized carbons (Fsp3) is 0.0417. The zero-order chi connectivity index (χ0) is 23.7. The summed E-state index contributed by atoms with van der Waals surface area (Å²) in [4.78, 5) is 39.4. The maximum absolute atomic E-state index is 13.0. The van der Waals surface area contributed by atoms with Crippen molar-refractivity contribution in [3.63, 3.8) is 0 Å². The van der Waals surface area contributed by atoms with Crippen molar-refractivity contribution in [1.82, 2.24) is 0 Å². The van der Waals surface area contributed by atoms with Gasteiger partial charge in [0.25, 0.3) is 17.7 Å². The number of hydrogen-bond acceptors (Lipinski definition) is 4. The number of nitrogens with zero attached hydrogens (tertiary/aromatic N) is 1. The van der Waals surface area contributed by atoms with Crippen LogP contribution in [0.4, 0.5) is 17.1 Å². The van der Waals surface area contributed by atoms with E-state index in [2.05, 4.69) is 33.2 Å². The number of amides is 3. The van der Waals surface area contributed by atoms with E-state index in [-0.39, 0.29) is 16.6 Å². The Hall–Kier alpha value is -2.88. The molecule has 0 bridgehead atoms. The van der Waals surface area contributed by atoms with Crippen LogP contribution in [0.3, 0.4) is 0 Å². The molecule has 1 aliphatic rings. The molecule has 166 valence electrons. The SMILES string of the molecule is Cc1ccc(C(=O)Nc2ccc(I)cc2)cc1NC1=C(Cl)C(=O)N(c2cccc(Cl)c2)C1=O. The molecule has 0 fully saturated rings. The van der Waals surface area contributed by atoms with Gasteiger partial charge in [0, 0.05) is 25.5 Å². The van der Waals surface area contributed by atoms with Crippen LogP contribution in [0.2, 0.25) is 5.02 Å². The third-order valence-corrected chi connectivity index (χ3v) is 6.26. The lowest BCUT2D eigenvalue weighted by Gasteiger charge is -2.16. The minimum atomic E-state index is -0.656. The smallest absolute Gasteiger partial charge is 0.283 e. The van der Waals surface area contributed by atoms with Gasteiger partial charge in [-0.25, -0.2) is 4.90 Å². The molecule has 2 N–H and O–H groups in total. The molecule has 3 aromatic rings. The van der Waals surface area contributed by atoms with Crippen LogP contribution in [0.5, 0.6) is 0 Å². The van der Waals surface area contributed by atoms with Crippen LogP contribution in [0.15, 0.2) is 77.5 Å². The largest absolute Gasteiger partial charge is 0.349 e. The van der Waals surface area contributed by atoms with Crippen molar-refractivity contribution in [3.05, 3.63) is 97.2 Å². The lowest BCUT2D eigenvalue weighted by atomic mass is 10.1. The van der Waals surface area contributed by atoms with Gasteiger partial charge >= 0.3 is 0 Å². The number of carbonyl (C=O) groups is 3. The number of anilines is 3. The van der Waals surface area contributed by atoms with Crippen LogP contribution < -0.4 is 15.5 Å². The first-order chi connectivity index (χ1) is 15.7. The standard InChI is InChI=1S/C24H16Cl2IN3O3/c1-13-5-6-14(22(31)28-17-9-7-16(27)8-10-17)11-19(13)29-21-20(26)23(32)30(24(21)33)18-4-2-3-15(25)12-18/h2-12,29H,1H3,(H,28,31). The highest BCUT2D eigenvalue weighted by Crippen LogP contribution is 2.32. The number of imide groups is 1. The van der Waals surface area contributed by atoms with Gasteiger partial charge < -0.3 is 10.6 Å². The van der Waals surface area contributed by atoms with E-state index in [4.69, 9.17) is 23.2 Å². The zero-order valence-corrected chi connectivity index (χ0v) is 20.8. The van der Waals surface area contributed by atoms with Gasteiger partial charge in [0.1, 0.15) is 10.7 Å². The Balaban J connectivity index is 1.58. The Kier molecular flexibility index (Phi) is 6.73. The van der Waals surface area contributed by atoms with Crippen molar-refractivity contribution in [1.29, 1.82) is 0 Å². The third kappa shape index (κ3) is 4.90. The highest BCUT2D eigenvalue weighted by molar-refractivity contribution is 14.1. The molecule has 4 rings (SSSR count). The molecule has 33 heavy (non-hydrogen) atoms. The molecular formula is C24H16Cl2IN3O3. The topological polar surface area (TPSA) is 78.5 Å². The molecule has 3 aromatic carbocycles. The fourth-order valence-corrected chi connectivity index (χ4v) is 3.99. The zero-order valence-electron chi connectivity index (χ0n) is 17.2. The van der Waals surface area contributed by atoms with Gasteiger partial charge in [-0.2, -0.15) is 0 Å². The number of aryl methyl sites for hydroxylation is 1. The summed E-state index contributed by atoms with van der Waals surface area (Å²) in [6.07, 6.45) is 0. The van der Waals surface area contributed by atoms with E-state index in [1.54, 1.807) is 36.4 Å². The molecule has 3 amide bonds. The summed E-state index contributed by atoms with van der Waals surface area (Å²) in [6.45, 7) is 1.81. The molecule has 0 aromatic heterocycles. The second kappa shape index (κ2) is 9.54. The van der Waals surface area contributed by atoms with Crippen LogP contribution in [0.25, 0.3) is 0 Å². The van der Waals surface area contributed by atoms with Crippen LogP contribution in [0.1, 0.15) is 15.9 Å². The van der Waals surface area contributed by atoms with E-state index < -0.39 is 11.8 Å². The number of hydrogen-bond donors (Lipinski definition) is 2. The highest BCUT2D eigenvalue weighted by Gasteiger charge is 2.39. The molecule has 0 unspecified atom stereocenters. The average Bonchev–Trinajstić information content (AvgIpc) is 2.99. The summed E-state index contributed by atoms with van der Waals surface area (Å²) in [7, 11) is 0. The summed E-state index contributed by atoms with van der Waals surface area (Å²) in [5, 5.41) is 5.92. The van der Waals surface area contributed by atoms with E-state index in [1.165, 1.54) is 6.07 Å². The van der Waals surface area contributed by atoms with E-state index in [0.29, 0.717) is 27.6 Å². The molecule has 9 heteroatoms. The second-order valence-electron chi connectivity index (χ2n) is 7.23. The maximum atomic E-state index is 13.0. The van der Waals surface area contributed by atoms with Crippen molar-refractivity contribution < 1.29 is 14.4 Å². The van der Waals surface area contributed by atoms with Crippen LogP contribution in [-0.4, -0.2) is 17.7 Å². The number of nitrogens with one attached hydrogen (secondary N) is 2. The summed E-state index contributed by atoms with van der Waals surface area (Å²) in [6, 6.07) is 18.8. The van der Waals surface area contributed by atoms with Crippen molar-refractivity contribution in [2.75, 3.05) is 15.5 Å². The van der Waals surface area contributed by atoms with Gasteiger partial charge in [0.2, 0.25) is 0 Å². The van der Waals surface area contributed by atoms with Crippen molar-refractivity contribution in [3.8, 4) is 0 Å². The summed E-state index contributed by atoms with van der Waals surface area (Å²) in [5.41, 5.74) is 2.53. The number of benzene rings is 3. The van der Waals surface area contributed by atoms with Crippen molar-refractivity contribution >= 4 is 80.6 Å². The molecule has 1 heterocycles. The molecule has 6 nitrogen and oxygen atoms in total. The molecule has 0 saturated carbocycles. The second-order valence-corrected chi connectivity index (χ2v) is 9.29. The first-order valence-corrected chi connectivity index (χ1v) is 11.6. The number of halogens is 3. The number of rotatable bonds is 5. The number of carbonyl (C=O) groups excluding carboxylic acids is 3. The summed E-state index contributed by atoms with van der Waals surface area (Å²) in [5.74, 6) is -1.58. The van der Waals surface area contributed by atoms with E-state index >= 15 is 0 Å². The molecule has 0 spiro atoms. The minimum absolute atomic E-state index is 0.0695. The normalized spacial score (nSPS) is 13.5. The van der Waals surface area contributed by atoms with Gasteiger partial charge in [0.15, 0.2) is 0 Å². The molecule has 1 aliphatic heterocycles. The quantitative estimate of drug-likeness (QED) is 0.284. The predicted molar refractivity (Wildman–Crippen MR) is 139 cm³/mol. The first-order valence-electron chi connectivity index (χ1n) is 9.73. The van der Waals surface area contributed by atoms with Gasteiger partial charge in [-0.05, 0) is 89.7 Å². The highest BCUT2D eigenvalue weighted by atomic mass is 127. The Bertz CT molecular complexity index is 1320. The van der Waals surface area contributed by atoms with Gasteiger partial charge in [-0.1, -0.05) is 35.3 Å². The molecule has 0 atom stereocenters. The Morgan fingerprint density at radius 2 is 1.67 bits per heavy atom. The summed E-state index contributed by atoms with van der Waals surface area (Å²) >= 11 is 14.4. The van der Waals surface area contributed by atoms with Crippen molar-refractivity contribution in [2.45, 2.75) is 6.92 Å². The predicted octanol–water partition coefficient (Wildman–Crippen LogP) is 5.94. The van der Waals surface area contributed by atoms with Crippen LogP contribution >= 0.6 is 45.8 Å². The first kappa shape index (κ1) is 23.3. The van der Waals surface area contributed by atoms with Gasteiger partial charge in [0.05, 0.1) is 5.69 Å². The van der Waals surface area contributed by atoms with Gasteiger partial charge in [-0.15, -0.1) is 0 Å². The molecular weight excluding hydrogens is 576 g/mol. The fourth-order valence-electron chi connectivity index (χ4n) is 3.23. The van der Waals surface area contributed by atoms with E-state index in [0.717, 1.165) is 14.0 Å². The third-order valence-electron chi connectivity index (χ3n) is 4.96. The minimum Gasteiger partial charge on any atom is -0.349 e. The Labute approximate surface area is 213 Å².